The van der Waals surface area contributed by atoms with Crippen molar-refractivity contribution in [3.63, 3.8) is 0 Å². The second kappa shape index (κ2) is 9.17. The average Bonchev–Trinajstić information content (AvgIpc) is 3.08. The van der Waals surface area contributed by atoms with Gasteiger partial charge in [-0.3, -0.25) is 0 Å². The molecule has 0 bridgehead atoms. The number of sulfonamides is 1. The van der Waals surface area contributed by atoms with E-state index in [0.29, 0.717) is 26.1 Å². The highest BCUT2D eigenvalue weighted by Gasteiger charge is 2.31. The van der Waals surface area contributed by atoms with Gasteiger partial charge in [-0.1, -0.05) is 27.7 Å². The fraction of sp³-hybridized carbons (Fsp3) is 0.650. The molecule has 152 valence electrons. The summed E-state index contributed by atoms with van der Waals surface area (Å²) in [5.74, 6) is -0.896. The number of carbonyl (C=O) groups is 1. The highest BCUT2D eigenvalue weighted by Crippen LogP contribution is 2.32. The molecule has 0 aliphatic heterocycles. The topological polar surface area (TPSA) is 77.9 Å². The van der Waals surface area contributed by atoms with Crippen molar-refractivity contribution in [2.24, 2.45) is 5.92 Å². The van der Waals surface area contributed by atoms with Gasteiger partial charge in [-0.15, -0.1) is 0 Å². The predicted octanol–water partition coefficient (Wildman–Crippen LogP) is 2.86. The SMILES string of the molecule is CCN(CC)CCN(CC(C)C)S(=O)(=O)c1cc(C(=O)O)cc2c1CCC2. The van der Waals surface area contributed by atoms with E-state index in [1.165, 1.54) is 10.4 Å². The van der Waals surface area contributed by atoms with Crippen molar-refractivity contribution in [2.45, 2.75) is 51.9 Å². The quantitative estimate of drug-likeness (QED) is 0.658. The summed E-state index contributed by atoms with van der Waals surface area (Å²) in [6.45, 7) is 11.4. The third-order valence-corrected chi connectivity index (χ3v) is 7.10. The monoisotopic (exact) mass is 396 g/mol. The molecular formula is C20H32N2O4S. The zero-order chi connectivity index (χ0) is 20.2. The van der Waals surface area contributed by atoms with Crippen LogP contribution in [0.25, 0.3) is 0 Å². The van der Waals surface area contributed by atoms with Crippen LogP contribution in [0.5, 0.6) is 0 Å². The lowest BCUT2D eigenvalue weighted by Crippen LogP contribution is -2.40. The Kier molecular flexibility index (Phi) is 7.42. The molecule has 27 heavy (non-hydrogen) atoms. The molecule has 1 N–H and O–H groups in total. The predicted molar refractivity (Wildman–Crippen MR) is 107 cm³/mol. The minimum absolute atomic E-state index is 0.0578. The summed E-state index contributed by atoms with van der Waals surface area (Å²) < 4.78 is 28.5. The Morgan fingerprint density at radius 1 is 1.15 bits per heavy atom. The first kappa shape index (κ1) is 21.9. The van der Waals surface area contributed by atoms with Crippen molar-refractivity contribution in [1.82, 2.24) is 9.21 Å². The molecule has 1 aromatic rings. The van der Waals surface area contributed by atoms with Gasteiger partial charge < -0.3 is 10.0 Å². The van der Waals surface area contributed by atoms with Gasteiger partial charge in [-0.05, 0) is 61.5 Å². The van der Waals surface area contributed by atoms with E-state index in [0.717, 1.165) is 37.1 Å². The molecule has 6 nitrogen and oxygen atoms in total. The summed E-state index contributed by atoms with van der Waals surface area (Å²) in [6.07, 6.45) is 2.29. The maximum Gasteiger partial charge on any atom is 0.335 e. The lowest BCUT2D eigenvalue weighted by Gasteiger charge is -2.28. The molecule has 2 rings (SSSR count). The van der Waals surface area contributed by atoms with Crippen molar-refractivity contribution < 1.29 is 18.3 Å². The standard InChI is InChI=1S/C20H32N2O4S/c1-5-21(6-2)10-11-22(14-15(3)4)27(25,26)19-13-17(20(23)24)12-16-8-7-9-18(16)19/h12-13,15H,5-11,14H2,1-4H3,(H,23,24). The number of carboxylic acids is 1. The zero-order valence-electron chi connectivity index (χ0n) is 16.9. The van der Waals surface area contributed by atoms with E-state index in [1.807, 2.05) is 13.8 Å². The molecule has 0 saturated carbocycles. The molecule has 0 unspecified atom stereocenters. The molecule has 1 aromatic carbocycles. The molecule has 0 atom stereocenters. The molecule has 0 amide bonds. The minimum atomic E-state index is -3.75. The van der Waals surface area contributed by atoms with Crippen LogP contribution < -0.4 is 0 Å². The van der Waals surface area contributed by atoms with Crippen LogP contribution in [0.4, 0.5) is 0 Å². The molecule has 7 heteroatoms. The molecule has 0 heterocycles. The van der Waals surface area contributed by atoms with Crippen LogP contribution in [0.3, 0.4) is 0 Å². The Labute approximate surface area is 163 Å². The fourth-order valence-electron chi connectivity index (χ4n) is 3.67. The van der Waals surface area contributed by atoms with E-state index in [9.17, 15) is 18.3 Å². The van der Waals surface area contributed by atoms with E-state index in [2.05, 4.69) is 18.7 Å². The van der Waals surface area contributed by atoms with Crippen LogP contribution in [0.2, 0.25) is 0 Å². The second-order valence-corrected chi connectivity index (χ2v) is 9.46. The van der Waals surface area contributed by atoms with Gasteiger partial charge in [-0.2, -0.15) is 4.31 Å². The summed E-state index contributed by atoms with van der Waals surface area (Å²) in [7, 11) is -3.75. The molecule has 0 fully saturated rings. The number of aryl methyl sites for hydroxylation is 1. The Hall–Kier alpha value is -1.44. The Morgan fingerprint density at radius 3 is 2.37 bits per heavy atom. The molecular weight excluding hydrogens is 364 g/mol. The van der Waals surface area contributed by atoms with Gasteiger partial charge >= 0.3 is 5.97 Å². The lowest BCUT2D eigenvalue weighted by atomic mass is 10.1. The lowest BCUT2D eigenvalue weighted by molar-refractivity contribution is 0.0696. The van der Waals surface area contributed by atoms with Gasteiger partial charge in [0.05, 0.1) is 10.5 Å². The molecule has 0 spiro atoms. The Balaban J connectivity index is 2.44. The number of hydrogen-bond acceptors (Lipinski definition) is 4. The maximum atomic E-state index is 13.5. The highest BCUT2D eigenvalue weighted by atomic mass is 32.2. The van der Waals surface area contributed by atoms with E-state index in [-0.39, 0.29) is 16.4 Å². The van der Waals surface area contributed by atoms with Crippen molar-refractivity contribution in [1.29, 1.82) is 0 Å². The van der Waals surface area contributed by atoms with Gasteiger partial charge in [0.2, 0.25) is 10.0 Å². The van der Waals surface area contributed by atoms with E-state index >= 15 is 0 Å². The summed E-state index contributed by atoms with van der Waals surface area (Å²) in [4.78, 5) is 13.9. The van der Waals surface area contributed by atoms with Crippen LogP contribution in [0.15, 0.2) is 17.0 Å². The van der Waals surface area contributed by atoms with Crippen LogP contribution in [0, 0.1) is 5.92 Å². The minimum Gasteiger partial charge on any atom is -0.478 e. The smallest absolute Gasteiger partial charge is 0.335 e. The number of benzene rings is 1. The Bertz CT molecular complexity index is 770. The fourth-order valence-corrected chi connectivity index (χ4v) is 5.58. The third kappa shape index (κ3) is 5.09. The second-order valence-electron chi connectivity index (χ2n) is 7.55. The largest absolute Gasteiger partial charge is 0.478 e. The average molecular weight is 397 g/mol. The number of likely N-dealkylation sites (N-methyl/N-ethyl adjacent to an activating group) is 1. The normalized spacial score (nSPS) is 14.3. The summed E-state index contributed by atoms with van der Waals surface area (Å²) in [6, 6.07) is 2.99. The molecule has 1 aliphatic carbocycles. The molecule has 1 aliphatic rings. The molecule has 0 saturated heterocycles. The van der Waals surface area contributed by atoms with E-state index in [4.69, 9.17) is 0 Å². The first-order valence-corrected chi connectivity index (χ1v) is 11.3. The number of carboxylic acid groups (broad SMARTS) is 1. The summed E-state index contributed by atoms with van der Waals surface area (Å²) >= 11 is 0. The summed E-state index contributed by atoms with van der Waals surface area (Å²) in [5, 5.41) is 9.42. The van der Waals surface area contributed by atoms with Crippen molar-refractivity contribution in [3.8, 4) is 0 Å². The van der Waals surface area contributed by atoms with Crippen LogP contribution >= 0.6 is 0 Å². The van der Waals surface area contributed by atoms with Gasteiger partial charge in [0.1, 0.15) is 0 Å². The van der Waals surface area contributed by atoms with Crippen molar-refractivity contribution >= 4 is 16.0 Å². The number of aromatic carboxylic acids is 1. The Morgan fingerprint density at radius 2 is 1.81 bits per heavy atom. The number of hydrogen-bond donors (Lipinski definition) is 1. The van der Waals surface area contributed by atoms with E-state index in [1.54, 1.807) is 6.07 Å². The first-order chi connectivity index (χ1) is 12.7. The first-order valence-electron chi connectivity index (χ1n) is 9.82. The van der Waals surface area contributed by atoms with E-state index < -0.39 is 16.0 Å². The third-order valence-electron chi connectivity index (χ3n) is 5.17. The number of nitrogens with zero attached hydrogens (tertiary/aromatic N) is 2. The number of fused-ring (bicyclic) bond motifs is 1. The van der Waals surface area contributed by atoms with Gasteiger partial charge in [0.15, 0.2) is 0 Å². The van der Waals surface area contributed by atoms with Crippen LogP contribution in [-0.2, 0) is 22.9 Å². The zero-order valence-corrected chi connectivity index (χ0v) is 17.7. The summed E-state index contributed by atoms with van der Waals surface area (Å²) in [5.41, 5.74) is 1.72. The van der Waals surface area contributed by atoms with Gasteiger partial charge in [0.25, 0.3) is 0 Å². The van der Waals surface area contributed by atoms with Crippen LogP contribution in [0.1, 0.15) is 55.6 Å². The van der Waals surface area contributed by atoms with Crippen LogP contribution in [-0.4, -0.2) is 61.4 Å². The molecule has 0 aromatic heterocycles. The van der Waals surface area contributed by atoms with Crippen molar-refractivity contribution in [3.05, 3.63) is 28.8 Å². The van der Waals surface area contributed by atoms with Gasteiger partial charge in [0, 0.05) is 19.6 Å². The van der Waals surface area contributed by atoms with Gasteiger partial charge in [-0.25, -0.2) is 13.2 Å². The maximum absolute atomic E-state index is 13.5. The van der Waals surface area contributed by atoms with Crippen molar-refractivity contribution in [2.75, 3.05) is 32.7 Å². The highest BCUT2D eigenvalue weighted by molar-refractivity contribution is 7.89. The molecule has 0 radical (unpaired) electrons. The number of rotatable bonds is 10.